The summed E-state index contributed by atoms with van der Waals surface area (Å²) in [5, 5.41) is 1.44. The van der Waals surface area contributed by atoms with Gasteiger partial charge in [-0.05, 0) is 25.8 Å². The molecule has 1 aliphatic rings. The summed E-state index contributed by atoms with van der Waals surface area (Å²) in [6, 6.07) is 0. The Kier molecular flexibility index (Phi) is 4.36. The summed E-state index contributed by atoms with van der Waals surface area (Å²) < 4.78 is 1.09. The van der Waals surface area contributed by atoms with Crippen LogP contribution < -0.4 is 5.56 Å². The average molecular weight is 375 g/mol. The van der Waals surface area contributed by atoms with Crippen molar-refractivity contribution in [3.8, 4) is 0 Å². The number of halogens is 2. The van der Waals surface area contributed by atoms with Crippen molar-refractivity contribution in [1.82, 2.24) is 9.55 Å². The van der Waals surface area contributed by atoms with Crippen molar-refractivity contribution < 1.29 is 0 Å². The van der Waals surface area contributed by atoms with E-state index in [4.69, 9.17) is 28.2 Å². The fourth-order valence-corrected chi connectivity index (χ4v) is 5.34. The first-order valence-electron chi connectivity index (χ1n) is 6.97. The zero-order valence-corrected chi connectivity index (χ0v) is 15.5. The predicted molar refractivity (Wildman–Crippen MR) is 96.8 cm³/mol. The monoisotopic (exact) mass is 374 g/mol. The summed E-state index contributed by atoms with van der Waals surface area (Å²) in [6.45, 7) is 8.19. The Balaban J connectivity index is 2.02. The molecule has 1 saturated carbocycles. The number of hydrogen-bond acceptors (Lipinski definition) is 4. The lowest BCUT2D eigenvalue weighted by Gasteiger charge is -2.10. The van der Waals surface area contributed by atoms with Crippen molar-refractivity contribution in [1.29, 1.82) is 0 Å². The van der Waals surface area contributed by atoms with Crippen molar-refractivity contribution >= 4 is 56.5 Å². The Morgan fingerprint density at radius 1 is 1.55 bits per heavy atom. The summed E-state index contributed by atoms with van der Waals surface area (Å²) >= 11 is 15.3. The summed E-state index contributed by atoms with van der Waals surface area (Å²) in [4.78, 5) is 19.4. The molecule has 0 saturated heterocycles. The summed E-state index contributed by atoms with van der Waals surface area (Å²) in [5.74, 6) is 1.03. The molecule has 2 aromatic rings. The van der Waals surface area contributed by atoms with Gasteiger partial charge in [0.1, 0.15) is 9.16 Å². The number of thiophene rings is 1. The van der Waals surface area contributed by atoms with Gasteiger partial charge in [-0.3, -0.25) is 9.36 Å². The maximum absolute atomic E-state index is 12.8. The van der Waals surface area contributed by atoms with Gasteiger partial charge in [0.25, 0.3) is 5.56 Å². The maximum atomic E-state index is 12.8. The van der Waals surface area contributed by atoms with Crippen LogP contribution in [0.2, 0.25) is 0 Å². The lowest BCUT2D eigenvalue weighted by molar-refractivity contribution is 0.671. The first-order chi connectivity index (χ1) is 10.3. The largest absolute Gasteiger partial charge is 0.283 e. The molecule has 0 radical (unpaired) electrons. The van der Waals surface area contributed by atoms with Crippen LogP contribution in [-0.4, -0.2) is 19.6 Å². The Hall–Kier alpha value is -0.490. The first-order valence-corrected chi connectivity index (χ1v) is 9.53. The number of alkyl halides is 2. The average Bonchev–Trinajstić information content (AvgIpc) is 2.96. The van der Waals surface area contributed by atoms with Gasteiger partial charge in [-0.15, -0.1) is 41.1 Å². The van der Waals surface area contributed by atoms with Crippen LogP contribution in [0.1, 0.15) is 16.9 Å². The Morgan fingerprint density at radius 2 is 2.23 bits per heavy atom. The maximum Gasteiger partial charge on any atom is 0.263 e. The topological polar surface area (TPSA) is 34.9 Å². The Bertz CT molecular complexity index is 810. The van der Waals surface area contributed by atoms with Gasteiger partial charge < -0.3 is 0 Å². The third-order valence-electron chi connectivity index (χ3n) is 3.93. The summed E-state index contributed by atoms with van der Waals surface area (Å²) in [7, 11) is 0. The molecule has 2 heterocycles. The van der Waals surface area contributed by atoms with Crippen LogP contribution in [0, 0.1) is 19.8 Å². The molecule has 0 N–H and O–H groups in total. The van der Waals surface area contributed by atoms with Crippen LogP contribution in [0.15, 0.2) is 22.6 Å². The SMILES string of the molecule is C=CCn1c(SC[C@H]2CC2(Cl)Cl)nc2sc(C)c(C)c2c1=O. The molecule has 118 valence electrons. The molecule has 1 fully saturated rings. The molecule has 22 heavy (non-hydrogen) atoms. The van der Waals surface area contributed by atoms with Crippen molar-refractivity contribution in [2.75, 3.05) is 5.75 Å². The third kappa shape index (κ3) is 2.84. The minimum absolute atomic E-state index is 0.00746. The molecule has 0 amide bonds. The van der Waals surface area contributed by atoms with Crippen LogP contribution in [0.25, 0.3) is 10.2 Å². The number of thioether (sulfide) groups is 1. The molecule has 3 nitrogen and oxygen atoms in total. The number of aryl methyl sites for hydroxylation is 2. The summed E-state index contributed by atoms with van der Waals surface area (Å²) in [5.41, 5.74) is 1.03. The molecule has 0 aliphatic heterocycles. The minimum atomic E-state index is -0.600. The predicted octanol–water partition coefficient (Wildman–Crippen LogP) is 4.55. The van der Waals surface area contributed by atoms with Gasteiger partial charge in [0.05, 0.1) is 5.39 Å². The quantitative estimate of drug-likeness (QED) is 0.333. The van der Waals surface area contributed by atoms with E-state index in [2.05, 4.69) is 6.58 Å². The number of allylic oxidation sites excluding steroid dienone is 1. The van der Waals surface area contributed by atoms with Gasteiger partial charge in [-0.25, -0.2) is 4.98 Å². The van der Waals surface area contributed by atoms with Gasteiger partial charge in [0, 0.05) is 23.1 Å². The van der Waals surface area contributed by atoms with Crippen molar-refractivity contribution in [3.63, 3.8) is 0 Å². The second-order valence-electron chi connectivity index (χ2n) is 5.54. The number of nitrogens with zero attached hydrogens (tertiary/aromatic N) is 2. The van der Waals surface area contributed by atoms with E-state index in [9.17, 15) is 4.79 Å². The van der Waals surface area contributed by atoms with Crippen LogP contribution in [0.4, 0.5) is 0 Å². The number of fused-ring (bicyclic) bond motifs is 1. The molecule has 2 aromatic heterocycles. The highest BCUT2D eigenvalue weighted by Gasteiger charge is 2.51. The molecule has 0 unspecified atom stereocenters. The molecule has 3 rings (SSSR count). The minimum Gasteiger partial charge on any atom is -0.283 e. The van der Waals surface area contributed by atoms with Gasteiger partial charge in [0.15, 0.2) is 5.16 Å². The Morgan fingerprint density at radius 3 is 2.82 bits per heavy atom. The van der Waals surface area contributed by atoms with E-state index in [0.717, 1.165) is 38.0 Å². The molecule has 0 aromatic carbocycles. The van der Waals surface area contributed by atoms with Gasteiger partial charge in [0.2, 0.25) is 0 Å². The number of hydrogen-bond donors (Lipinski definition) is 0. The molecule has 1 aliphatic carbocycles. The van der Waals surface area contributed by atoms with Gasteiger partial charge >= 0.3 is 0 Å². The molecule has 7 heteroatoms. The smallest absolute Gasteiger partial charge is 0.263 e. The standard InChI is InChI=1S/C15H16Cl2N2OS2/c1-4-5-19-13(20)11-8(2)9(3)22-12(11)18-14(19)21-7-10-6-15(10,16)17/h4,10H,1,5-7H2,2-3H3/t10-/m1/s1. The van der Waals surface area contributed by atoms with E-state index < -0.39 is 4.33 Å². The van der Waals surface area contributed by atoms with Crippen LogP contribution in [0.3, 0.4) is 0 Å². The number of rotatable bonds is 5. The van der Waals surface area contributed by atoms with E-state index in [1.54, 1.807) is 33.7 Å². The van der Waals surface area contributed by atoms with Gasteiger partial charge in [-0.2, -0.15) is 0 Å². The van der Waals surface area contributed by atoms with Crippen molar-refractivity contribution in [2.45, 2.75) is 36.3 Å². The fraction of sp³-hybridized carbons (Fsp3) is 0.467. The molecule has 1 atom stereocenters. The second kappa shape index (κ2) is 5.86. The van der Waals surface area contributed by atoms with Crippen molar-refractivity contribution in [2.24, 2.45) is 5.92 Å². The van der Waals surface area contributed by atoms with E-state index in [-0.39, 0.29) is 11.5 Å². The van der Waals surface area contributed by atoms with Gasteiger partial charge in [-0.1, -0.05) is 17.8 Å². The summed E-state index contributed by atoms with van der Waals surface area (Å²) in [6.07, 6.45) is 2.52. The van der Waals surface area contributed by atoms with Crippen LogP contribution >= 0.6 is 46.3 Å². The van der Waals surface area contributed by atoms with E-state index >= 15 is 0 Å². The lowest BCUT2D eigenvalue weighted by atomic mass is 10.2. The van der Waals surface area contributed by atoms with E-state index in [1.807, 2.05) is 13.8 Å². The van der Waals surface area contributed by atoms with Crippen molar-refractivity contribution in [3.05, 3.63) is 33.4 Å². The third-order valence-corrected chi connectivity index (χ3v) is 7.10. The molecule has 0 spiro atoms. The fourth-order valence-electron chi connectivity index (χ4n) is 2.33. The number of aromatic nitrogens is 2. The highest BCUT2D eigenvalue weighted by atomic mass is 35.5. The zero-order valence-electron chi connectivity index (χ0n) is 12.4. The Labute approximate surface area is 147 Å². The van der Waals surface area contributed by atoms with E-state index in [0.29, 0.717) is 6.54 Å². The van der Waals surface area contributed by atoms with Crippen LogP contribution in [-0.2, 0) is 6.54 Å². The normalized spacial score (nSPS) is 19.5. The van der Waals surface area contributed by atoms with E-state index in [1.165, 1.54) is 0 Å². The molecule has 0 bridgehead atoms. The molecular formula is C15H16Cl2N2OS2. The highest BCUT2D eigenvalue weighted by Crippen LogP contribution is 2.54. The second-order valence-corrected chi connectivity index (χ2v) is 9.27. The zero-order chi connectivity index (χ0) is 16.1. The lowest BCUT2D eigenvalue weighted by Crippen LogP contribution is -2.22. The van der Waals surface area contributed by atoms with Crippen LogP contribution in [0.5, 0.6) is 0 Å². The first kappa shape index (κ1) is 16.4. The molecular weight excluding hydrogens is 359 g/mol. The highest BCUT2D eigenvalue weighted by molar-refractivity contribution is 7.99.